The molecule has 1 N–H and O–H groups in total. The van der Waals surface area contributed by atoms with Crippen molar-refractivity contribution in [3.05, 3.63) is 23.8 Å². The van der Waals surface area contributed by atoms with Crippen molar-refractivity contribution in [3.63, 3.8) is 0 Å². The summed E-state index contributed by atoms with van der Waals surface area (Å²) >= 11 is 4.30. The molecule has 0 aliphatic rings. The Bertz CT molecular complexity index is 341. The molecular weight excluding hydrogens is 214 g/mol. The standard InChI is InChI=1S/C10H13NO3S/c1-13-9-4-2-3-8(10(9)15)7-11-14-6-5-12/h2-4,7,12,15H,5-6H2,1H3/b11-7+. The number of rotatable bonds is 5. The Balaban J connectivity index is 2.72. The first-order valence-corrected chi connectivity index (χ1v) is 4.86. The Kier molecular flexibility index (Phi) is 5.00. The summed E-state index contributed by atoms with van der Waals surface area (Å²) < 4.78 is 5.09. The van der Waals surface area contributed by atoms with Crippen molar-refractivity contribution < 1.29 is 14.7 Å². The number of nitrogens with zero attached hydrogens (tertiary/aromatic N) is 1. The minimum Gasteiger partial charge on any atom is -0.496 e. The van der Waals surface area contributed by atoms with E-state index in [0.717, 1.165) is 5.56 Å². The third-order valence-corrected chi connectivity index (χ3v) is 2.18. The molecule has 0 aliphatic carbocycles. The van der Waals surface area contributed by atoms with E-state index in [0.29, 0.717) is 10.6 Å². The van der Waals surface area contributed by atoms with Gasteiger partial charge in [-0.1, -0.05) is 17.3 Å². The van der Waals surface area contributed by atoms with Gasteiger partial charge in [0, 0.05) is 5.56 Å². The molecule has 1 rings (SSSR count). The summed E-state index contributed by atoms with van der Waals surface area (Å²) in [6.07, 6.45) is 1.53. The molecule has 82 valence electrons. The molecule has 0 atom stereocenters. The lowest BCUT2D eigenvalue weighted by Gasteiger charge is -2.05. The molecule has 0 unspecified atom stereocenters. The van der Waals surface area contributed by atoms with Crippen LogP contribution in [0.2, 0.25) is 0 Å². The van der Waals surface area contributed by atoms with E-state index in [-0.39, 0.29) is 13.2 Å². The minimum atomic E-state index is -0.0524. The van der Waals surface area contributed by atoms with Gasteiger partial charge >= 0.3 is 0 Å². The quantitative estimate of drug-likeness (QED) is 0.345. The van der Waals surface area contributed by atoms with Crippen LogP contribution in [0.15, 0.2) is 28.3 Å². The summed E-state index contributed by atoms with van der Waals surface area (Å²) in [5, 5.41) is 12.1. The molecule has 0 saturated heterocycles. The van der Waals surface area contributed by atoms with E-state index >= 15 is 0 Å². The zero-order chi connectivity index (χ0) is 11.1. The van der Waals surface area contributed by atoms with E-state index in [1.807, 2.05) is 18.2 Å². The number of oxime groups is 1. The Morgan fingerprint density at radius 3 is 3.00 bits per heavy atom. The van der Waals surface area contributed by atoms with Crippen LogP contribution in [0.5, 0.6) is 5.75 Å². The van der Waals surface area contributed by atoms with E-state index < -0.39 is 0 Å². The maximum Gasteiger partial charge on any atom is 0.140 e. The van der Waals surface area contributed by atoms with Gasteiger partial charge in [-0.3, -0.25) is 0 Å². The zero-order valence-electron chi connectivity index (χ0n) is 8.38. The Morgan fingerprint density at radius 2 is 2.33 bits per heavy atom. The van der Waals surface area contributed by atoms with E-state index in [2.05, 4.69) is 17.8 Å². The highest BCUT2D eigenvalue weighted by molar-refractivity contribution is 7.80. The Labute approximate surface area is 93.9 Å². The first kappa shape index (κ1) is 11.9. The van der Waals surface area contributed by atoms with Crippen LogP contribution in [0.3, 0.4) is 0 Å². The largest absolute Gasteiger partial charge is 0.496 e. The molecule has 0 bridgehead atoms. The molecular formula is C10H13NO3S. The number of ether oxygens (including phenoxy) is 1. The number of hydrogen-bond donors (Lipinski definition) is 2. The average Bonchev–Trinajstić information content (AvgIpc) is 2.26. The van der Waals surface area contributed by atoms with Gasteiger partial charge in [-0.25, -0.2) is 0 Å². The molecule has 1 aromatic rings. The third-order valence-electron chi connectivity index (χ3n) is 1.70. The van der Waals surface area contributed by atoms with Crippen LogP contribution < -0.4 is 4.74 Å². The van der Waals surface area contributed by atoms with Crippen molar-refractivity contribution >= 4 is 18.8 Å². The van der Waals surface area contributed by atoms with Crippen molar-refractivity contribution in [2.75, 3.05) is 20.3 Å². The average molecular weight is 227 g/mol. The highest BCUT2D eigenvalue weighted by Gasteiger charge is 2.02. The Morgan fingerprint density at radius 1 is 1.53 bits per heavy atom. The summed E-state index contributed by atoms with van der Waals surface area (Å²) in [6.45, 7) is 0.131. The summed E-state index contributed by atoms with van der Waals surface area (Å²) in [4.78, 5) is 5.46. The molecule has 5 heteroatoms. The predicted molar refractivity (Wildman–Crippen MR) is 60.9 cm³/mol. The van der Waals surface area contributed by atoms with Crippen molar-refractivity contribution in [2.45, 2.75) is 4.90 Å². The molecule has 4 nitrogen and oxygen atoms in total. The second-order valence-corrected chi connectivity index (χ2v) is 3.14. The van der Waals surface area contributed by atoms with Crippen LogP contribution in [0.1, 0.15) is 5.56 Å². The molecule has 15 heavy (non-hydrogen) atoms. The summed E-state index contributed by atoms with van der Waals surface area (Å²) in [5.41, 5.74) is 0.802. The van der Waals surface area contributed by atoms with Gasteiger partial charge in [0.1, 0.15) is 12.4 Å². The molecule has 0 spiro atoms. The topological polar surface area (TPSA) is 51.0 Å². The van der Waals surface area contributed by atoms with Crippen LogP contribution >= 0.6 is 12.6 Å². The van der Waals surface area contributed by atoms with Gasteiger partial charge in [-0.2, -0.15) is 0 Å². The van der Waals surface area contributed by atoms with Crippen LogP contribution in [0.25, 0.3) is 0 Å². The molecule has 0 radical (unpaired) electrons. The van der Waals surface area contributed by atoms with Gasteiger partial charge in [0.2, 0.25) is 0 Å². The maximum absolute atomic E-state index is 8.47. The Hall–Kier alpha value is -1.20. The van der Waals surface area contributed by atoms with Gasteiger partial charge in [-0.05, 0) is 6.07 Å². The van der Waals surface area contributed by atoms with E-state index in [9.17, 15) is 0 Å². The van der Waals surface area contributed by atoms with Crippen LogP contribution in [-0.2, 0) is 4.84 Å². The lowest BCUT2D eigenvalue weighted by molar-refractivity contribution is 0.0997. The van der Waals surface area contributed by atoms with Crippen molar-refractivity contribution in [2.24, 2.45) is 5.16 Å². The summed E-state index contributed by atoms with van der Waals surface area (Å²) in [5.74, 6) is 0.685. The van der Waals surface area contributed by atoms with Crippen LogP contribution in [-0.4, -0.2) is 31.6 Å². The zero-order valence-corrected chi connectivity index (χ0v) is 9.28. The molecule has 0 heterocycles. The second-order valence-electron chi connectivity index (χ2n) is 2.69. The summed E-state index contributed by atoms with van der Waals surface area (Å²) in [7, 11) is 1.58. The van der Waals surface area contributed by atoms with Crippen LogP contribution in [0.4, 0.5) is 0 Å². The van der Waals surface area contributed by atoms with Gasteiger partial charge < -0.3 is 14.7 Å². The van der Waals surface area contributed by atoms with E-state index in [1.54, 1.807) is 7.11 Å². The number of aliphatic hydroxyl groups excluding tert-OH is 1. The lowest BCUT2D eigenvalue weighted by Crippen LogP contribution is -1.94. The monoisotopic (exact) mass is 227 g/mol. The van der Waals surface area contributed by atoms with Gasteiger partial charge in [0.15, 0.2) is 0 Å². The first-order chi connectivity index (χ1) is 7.29. The van der Waals surface area contributed by atoms with E-state index in [4.69, 9.17) is 14.7 Å². The van der Waals surface area contributed by atoms with Crippen molar-refractivity contribution in [1.29, 1.82) is 0 Å². The highest BCUT2D eigenvalue weighted by atomic mass is 32.1. The molecule has 0 aliphatic heterocycles. The van der Waals surface area contributed by atoms with Crippen molar-refractivity contribution in [3.8, 4) is 5.75 Å². The lowest BCUT2D eigenvalue weighted by atomic mass is 10.2. The van der Waals surface area contributed by atoms with Crippen LogP contribution in [0, 0.1) is 0 Å². The SMILES string of the molecule is COc1cccc(/C=N/OCCO)c1S. The normalized spacial score (nSPS) is 10.6. The predicted octanol–water partition coefficient (Wildman–Crippen LogP) is 1.33. The molecule has 0 saturated carbocycles. The maximum atomic E-state index is 8.47. The summed E-state index contributed by atoms with van der Waals surface area (Å²) in [6, 6.07) is 5.50. The highest BCUT2D eigenvalue weighted by Crippen LogP contribution is 2.24. The van der Waals surface area contributed by atoms with Gasteiger partial charge in [0.25, 0.3) is 0 Å². The third kappa shape index (κ3) is 3.45. The molecule has 1 aromatic carbocycles. The molecule has 0 fully saturated rings. The number of hydrogen-bond acceptors (Lipinski definition) is 5. The van der Waals surface area contributed by atoms with Gasteiger partial charge in [0.05, 0.1) is 24.8 Å². The van der Waals surface area contributed by atoms with E-state index in [1.165, 1.54) is 6.21 Å². The second kappa shape index (κ2) is 6.31. The van der Waals surface area contributed by atoms with Crippen molar-refractivity contribution in [1.82, 2.24) is 0 Å². The number of thiol groups is 1. The fraction of sp³-hybridized carbons (Fsp3) is 0.300. The minimum absolute atomic E-state index is 0.0524. The number of benzene rings is 1. The fourth-order valence-electron chi connectivity index (χ4n) is 0.996. The first-order valence-electron chi connectivity index (χ1n) is 4.41. The van der Waals surface area contributed by atoms with Gasteiger partial charge in [-0.15, -0.1) is 12.6 Å². The number of methoxy groups -OCH3 is 1. The molecule has 0 amide bonds. The number of aliphatic hydroxyl groups is 1. The smallest absolute Gasteiger partial charge is 0.140 e. The molecule has 0 aromatic heterocycles. The fourth-order valence-corrected chi connectivity index (χ4v) is 1.29.